The predicted molar refractivity (Wildman–Crippen MR) is 131 cm³/mol. The van der Waals surface area contributed by atoms with E-state index in [1.54, 1.807) is 6.92 Å². The first-order valence-corrected chi connectivity index (χ1v) is 12.3. The number of ether oxygens (including phenoxy) is 1. The number of hydrogen-bond acceptors (Lipinski definition) is 5. The minimum atomic E-state index is -0.831. The molecule has 7 nitrogen and oxygen atoms in total. The van der Waals surface area contributed by atoms with Gasteiger partial charge in [0.2, 0.25) is 11.8 Å². The molecule has 1 aliphatic heterocycles. The first kappa shape index (κ1) is 25.9. The maximum Gasteiger partial charge on any atom is 0.310 e. The van der Waals surface area contributed by atoms with E-state index < -0.39 is 35.8 Å². The molecule has 7 heteroatoms. The van der Waals surface area contributed by atoms with Crippen molar-refractivity contribution in [3.8, 4) is 0 Å². The number of nitrogens with one attached hydrogen (secondary N) is 1. The molecule has 1 heterocycles. The molecule has 1 aliphatic carbocycles. The Morgan fingerprint density at radius 1 is 1.15 bits per heavy atom. The van der Waals surface area contributed by atoms with Crippen molar-refractivity contribution in [3.63, 3.8) is 0 Å². The van der Waals surface area contributed by atoms with Gasteiger partial charge in [0, 0.05) is 11.6 Å². The van der Waals surface area contributed by atoms with Crippen LogP contribution < -0.4 is 5.32 Å². The van der Waals surface area contributed by atoms with Crippen molar-refractivity contribution in [2.45, 2.75) is 60.0 Å². The number of allylic oxidation sites excluding steroid dienone is 1. The molecule has 2 aliphatic rings. The lowest BCUT2D eigenvalue weighted by molar-refractivity contribution is -0.156. The van der Waals surface area contributed by atoms with Gasteiger partial charge >= 0.3 is 5.97 Å². The van der Waals surface area contributed by atoms with E-state index in [9.17, 15) is 19.5 Å². The summed E-state index contributed by atoms with van der Waals surface area (Å²) in [6.07, 6.45) is 4.57. The van der Waals surface area contributed by atoms with E-state index in [0.717, 1.165) is 16.8 Å². The van der Waals surface area contributed by atoms with Crippen molar-refractivity contribution in [1.82, 2.24) is 4.90 Å². The van der Waals surface area contributed by atoms with Gasteiger partial charge in [0.25, 0.3) is 0 Å². The Balaban J connectivity index is 2.08. The molecule has 0 unspecified atom stereocenters. The van der Waals surface area contributed by atoms with Crippen LogP contribution in [-0.4, -0.2) is 53.1 Å². The van der Waals surface area contributed by atoms with Crippen LogP contribution in [0.1, 0.15) is 45.2 Å². The molecule has 1 aromatic carbocycles. The molecular formula is C27H38N2O5. The van der Waals surface area contributed by atoms with Crippen LogP contribution in [-0.2, 0) is 19.1 Å². The highest BCUT2D eigenvalue weighted by Crippen LogP contribution is 2.46. The fourth-order valence-electron chi connectivity index (χ4n) is 5.58. The number of carbonyl (C=O) groups is 3. The van der Waals surface area contributed by atoms with Crippen LogP contribution in [0.3, 0.4) is 0 Å². The summed E-state index contributed by atoms with van der Waals surface area (Å²) in [5.74, 6) is -3.02. The molecule has 0 saturated carbocycles. The number of esters is 1. The van der Waals surface area contributed by atoms with Crippen LogP contribution in [0.5, 0.6) is 0 Å². The van der Waals surface area contributed by atoms with Crippen LogP contribution >= 0.6 is 0 Å². The summed E-state index contributed by atoms with van der Waals surface area (Å²) in [5, 5.41) is 13.3. The van der Waals surface area contributed by atoms with Crippen molar-refractivity contribution in [3.05, 3.63) is 41.5 Å². The standard InChI is InChI=1S/C27H38N2O5/c1-7-18-12-13-19-22(21(18)27(33)34-8-2)26(32)29(20(14-30)15(3)4)24(19)25(31)28-23-16(5)10-9-11-17(23)6/h9-13,15,18-22,24,30H,7-8,14H2,1-6H3,(H,28,31)/t18-,19+,20+,21-,22+,24+/m1/s1. The van der Waals surface area contributed by atoms with Gasteiger partial charge in [0.05, 0.1) is 31.1 Å². The van der Waals surface area contributed by atoms with Gasteiger partial charge in [0.1, 0.15) is 6.04 Å². The molecule has 2 N–H and O–H groups in total. The Kier molecular flexibility index (Phi) is 8.18. The lowest BCUT2D eigenvalue weighted by Crippen LogP contribution is -2.52. The van der Waals surface area contributed by atoms with E-state index in [2.05, 4.69) is 5.32 Å². The number of hydrogen-bond donors (Lipinski definition) is 2. The average Bonchev–Trinajstić information content (AvgIpc) is 3.08. The zero-order valence-corrected chi connectivity index (χ0v) is 21.1. The van der Waals surface area contributed by atoms with Crippen LogP contribution in [0.15, 0.2) is 30.4 Å². The lowest BCUT2D eigenvalue weighted by Gasteiger charge is -2.35. The number of likely N-dealkylation sites (tertiary alicyclic amines) is 1. The number of amides is 2. The van der Waals surface area contributed by atoms with Crippen molar-refractivity contribution in [2.75, 3.05) is 18.5 Å². The van der Waals surface area contributed by atoms with E-state index in [0.29, 0.717) is 6.42 Å². The summed E-state index contributed by atoms with van der Waals surface area (Å²) in [5.41, 5.74) is 2.58. The fourth-order valence-corrected chi connectivity index (χ4v) is 5.58. The molecule has 1 aromatic rings. The second-order valence-electron chi connectivity index (χ2n) is 9.78. The van der Waals surface area contributed by atoms with E-state index in [4.69, 9.17) is 4.74 Å². The Labute approximate surface area is 202 Å². The number of benzene rings is 1. The molecule has 3 rings (SSSR count). The largest absolute Gasteiger partial charge is 0.466 e. The zero-order valence-electron chi connectivity index (χ0n) is 21.1. The molecular weight excluding hydrogens is 432 g/mol. The number of fused-ring (bicyclic) bond motifs is 1. The highest BCUT2D eigenvalue weighted by atomic mass is 16.5. The molecule has 2 amide bonds. The molecule has 1 fully saturated rings. The molecule has 0 spiro atoms. The molecule has 34 heavy (non-hydrogen) atoms. The summed E-state index contributed by atoms with van der Waals surface area (Å²) in [6, 6.07) is 4.42. The molecule has 6 atom stereocenters. The highest BCUT2D eigenvalue weighted by Gasteiger charge is 2.59. The van der Waals surface area contributed by atoms with E-state index in [1.165, 1.54) is 4.90 Å². The minimum absolute atomic E-state index is 0.0726. The van der Waals surface area contributed by atoms with Crippen LogP contribution in [0, 0.1) is 43.4 Å². The monoisotopic (exact) mass is 470 g/mol. The number of rotatable bonds is 8. The molecule has 1 saturated heterocycles. The van der Waals surface area contributed by atoms with Crippen molar-refractivity contribution < 1.29 is 24.2 Å². The Morgan fingerprint density at radius 2 is 1.79 bits per heavy atom. The second-order valence-corrected chi connectivity index (χ2v) is 9.78. The molecule has 0 bridgehead atoms. The van der Waals surface area contributed by atoms with E-state index in [-0.39, 0.29) is 36.9 Å². The topological polar surface area (TPSA) is 95.9 Å². The van der Waals surface area contributed by atoms with Gasteiger partial charge in [-0.1, -0.05) is 51.1 Å². The number of aryl methyl sites for hydroxylation is 2. The Bertz CT molecular complexity index is 936. The van der Waals surface area contributed by atoms with Gasteiger partial charge in [-0.25, -0.2) is 0 Å². The zero-order chi connectivity index (χ0) is 25.2. The highest BCUT2D eigenvalue weighted by molar-refractivity contribution is 6.02. The summed E-state index contributed by atoms with van der Waals surface area (Å²) in [7, 11) is 0. The minimum Gasteiger partial charge on any atom is -0.466 e. The summed E-state index contributed by atoms with van der Waals surface area (Å²) >= 11 is 0. The fraction of sp³-hybridized carbons (Fsp3) is 0.593. The van der Waals surface area contributed by atoms with Crippen molar-refractivity contribution in [1.29, 1.82) is 0 Å². The van der Waals surface area contributed by atoms with Gasteiger partial charge in [-0.3, -0.25) is 14.4 Å². The maximum absolute atomic E-state index is 13.9. The van der Waals surface area contributed by atoms with Crippen molar-refractivity contribution in [2.24, 2.45) is 29.6 Å². The van der Waals surface area contributed by atoms with Crippen molar-refractivity contribution >= 4 is 23.5 Å². The second kappa shape index (κ2) is 10.7. The smallest absolute Gasteiger partial charge is 0.310 e. The van der Waals surface area contributed by atoms with Crippen LogP contribution in [0.4, 0.5) is 5.69 Å². The lowest BCUT2D eigenvalue weighted by atomic mass is 9.69. The summed E-state index contributed by atoms with van der Waals surface area (Å²) in [6.45, 7) is 11.4. The van der Waals surface area contributed by atoms with Gasteiger partial charge < -0.3 is 20.1 Å². The van der Waals surface area contributed by atoms with Gasteiger partial charge in [0.15, 0.2) is 0 Å². The number of aliphatic hydroxyl groups excluding tert-OH is 1. The Hall–Kier alpha value is -2.67. The predicted octanol–water partition coefficient (Wildman–Crippen LogP) is 3.48. The normalized spacial score (nSPS) is 27.0. The maximum atomic E-state index is 13.9. The summed E-state index contributed by atoms with van der Waals surface area (Å²) < 4.78 is 5.37. The number of carbonyl (C=O) groups excluding carboxylic acids is 3. The number of anilines is 1. The van der Waals surface area contributed by atoms with Gasteiger partial charge in [-0.05, 0) is 50.2 Å². The summed E-state index contributed by atoms with van der Waals surface area (Å²) in [4.78, 5) is 42.3. The third-order valence-corrected chi connectivity index (χ3v) is 7.39. The first-order chi connectivity index (χ1) is 16.2. The third kappa shape index (κ3) is 4.63. The average molecular weight is 471 g/mol. The number of aliphatic hydroxyl groups is 1. The van der Waals surface area contributed by atoms with Crippen LogP contribution in [0.25, 0.3) is 0 Å². The SMILES string of the molecule is CCOC(=O)[C@H]1[C@H]2C(=O)N([C@@H](CO)C(C)C)[C@H](C(=O)Nc3c(C)cccc3C)[C@H]2C=C[C@H]1CC. The van der Waals surface area contributed by atoms with Gasteiger partial charge in [-0.2, -0.15) is 0 Å². The van der Waals surface area contributed by atoms with Gasteiger partial charge in [-0.15, -0.1) is 0 Å². The molecule has 0 radical (unpaired) electrons. The Morgan fingerprint density at radius 3 is 2.32 bits per heavy atom. The van der Waals surface area contributed by atoms with E-state index in [1.807, 2.05) is 65.0 Å². The molecule has 186 valence electrons. The first-order valence-electron chi connectivity index (χ1n) is 12.3. The van der Waals surface area contributed by atoms with Crippen LogP contribution in [0.2, 0.25) is 0 Å². The van der Waals surface area contributed by atoms with E-state index >= 15 is 0 Å². The molecule has 0 aromatic heterocycles. The number of para-hydroxylation sites is 1. The quantitative estimate of drug-likeness (QED) is 0.448. The third-order valence-electron chi connectivity index (χ3n) is 7.39. The number of nitrogens with zero attached hydrogens (tertiary/aromatic N) is 1.